The average Bonchev–Trinajstić information content (AvgIpc) is 2.96. The van der Waals surface area contributed by atoms with Gasteiger partial charge in [-0.3, -0.25) is 9.69 Å². The Hall–Kier alpha value is -1.49. The summed E-state index contributed by atoms with van der Waals surface area (Å²) in [5.74, 6) is 0.0952. The molecule has 1 aromatic rings. The molecule has 2 atom stereocenters. The summed E-state index contributed by atoms with van der Waals surface area (Å²) in [6.07, 6.45) is 3.19. The minimum Gasteiger partial charge on any atom is -0.449 e. The smallest absolute Gasteiger partial charge is 0.410 e. The van der Waals surface area contributed by atoms with Gasteiger partial charge in [0.25, 0.3) is 0 Å². The van der Waals surface area contributed by atoms with Crippen LogP contribution in [-0.2, 0) is 16.0 Å². The van der Waals surface area contributed by atoms with E-state index in [0.29, 0.717) is 32.4 Å². The van der Waals surface area contributed by atoms with Crippen LogP contribution >= 0.6 is 12.6 Å². The Morgan fingerprint density at radius 1 is 1.30 bits per heavy atom. The van der Waals surface area contributed by atoms with Gasteiger partial charge >= 0.3 is 6.09 Å². The molecule has 1 saturated heterocycles. The van der Waals surface area contributed by atoms with E-state index in [2.05, 4.69) is 12.6 Å². The number of hydrogen-bond donors (Lipinski definition) is 1. The fourth-order valence-corrected chi connectivity index (χ4v) is 3.16. The number of carbonyl (C=O) groups is 2. The number of rotatable bonds is 7. The molecule has 1 fully saturated rings. The molecule has 1 aliphatic heterocycles. The van der Waals surface area contributed by atoms with Crippen LogP contribution in [0.3, 0.4) is 0 Å². The molecule has 0 spiro atoms. The van der Waals surface area contributed by atoms with Gasteiger partial charge in [0.15, 0.2) is 5.78 Å². The molecular weight excluding hydrogens is 310 g/mol. The monoisotopic (exact) mass is 335 g/mol. The van der Waals surface area contributed by atoms with Gasteiger partial charge in [-0.1, -0.05) is 43.7 Å². The zero-order valence-corrected chi connectivity index (χ0v) is 14.5. The van der Waals surface area contributed by atoms with Gasteiger partial charge in [0, 0.05) is 18.2 Å². The lowest BCUT2D eigenvalue weighted by Crippen LogP contribution is -2.41. The number of benzene rings is 1. The van der Waals surface area contributed by atoms with Crippen LogP contribution in [-0.4, -0.2) is 41.2 Å². The van der Waals surface area contributed by atoms with Crippen LogP contribution in [0, 0.1) is 0 Å². The van der Waals surface area contributed by atoms with E-state index in [1.807, 2.05) is 37.3 Å². The summed E-state index contributed by atoms with van der Waals surface area (Å²) in [6, 6.07) is 9.53. The molecular formula is C18H25NO3S. The van der Waals surface area contributed by atoms with Gasteiger partial charge < -0.3 is 4.74 Å². The highest BCUT2D eigenvalue weighted by molar-refractivity contribution is 7.81. The number of hydrogen-bond acceptors (Lipinski definition) is 4. The van der Waals surface area contributed by atoms with E-state index in [0.717, 1.165) is 18.4 Å². The number of likely N-dealkylation sites (tertiary alicyclic amines) is 1. The van der Waals surface area contributed by atoms with Crippen molar-refractivity contribution in [2.75, 3.05) is 13.2 Å². The molecule has 0 N–H and O–H groups in total. The van der Waals surface area contributed by atoms with Gasteiger partial charge in [-0.15, -0.1) is 0 Å². The normalized spacial score (nSPS) is 20.5. The first kappa shape index (κ1) is 17.9. The highest BCUT2D eigenvalue weighted by Gasteiger charge is 2.38. The van der Waals surface area contributed by atoms with E-state index in [-0.39, 0.29) is 17.1 Å². The molecule has 0 bridgehead atoms. The van der Waals surface area contributed by atoms with Crippen LogP contribution in [0.4, 0.5) is 4.79 Å². The first-order chi connectivity index (χ1) is 11.1. The first-order valence-corrected chi connectivity index (χ1v) is 8.81. The van der Waals surface area contributed by atoms with E-state index < -0.39 is 6.04 Å². The summed E-state index contributed by atoms with van der Waals surface area (Å²) in [4.78, 5) is 26.3. The molecule has 1 heterocycles. The molecule has 2 unspecified atom stereocenters. The van der Waals surface area contributed by atoms with Gasteiger partial charge in [-0.2, -0.15) is 12.6 Å². The standard InChI is InChI=1S/C18H25NO3S/c1-2-3-11-22-18(21)19-13-15(23)12-16(19)17(20)10-9-14-7-5-4-6-8-14/h4-8,15-16,23H,2-3,9-13H2,1H3. The van der Waals surface area contributed by atoms with Gasteiger partial charge in [-0.05, 0) is 24.8 Å². The third-order valence-corrected chi connectivity index (χ3v) is 4.49. The number of nitrogens with zero attached hydrogens (tertiary/aromatic N) is 1. The molecule has 23 heavy (non-hydrogen) atoms. The zero-order valence-electron chi connectivity index (χ0n) is 13.6. The van der Waals surface area contributed by atoms with Gasteiger partial charge in [0.1, 0.15) is 0 Å². The second-order valence-corrected chi connectivity index (χ2v) is 6.71. The summed E-state index contributed by atoms with van der Waals surface area (Å²) >= 11 is 4.45. The van der Waals surface area contributed by atoms with Crippen molar-refractivity contribution in [3.05, 3.63) is 35.9 Å². The molecule has 0 aliphatic carbocycles. The summed E-state index contributed by atoms with van der Waals surface area (Å²) < 4.78 is 5.26. The Balaban J connectivity index is 1.90. The molecule has 2 rings (SSSR count). The number of aryl methyl sites for hydroxylation is 1. The lowest BCUT2D eigenvalue weighted by Gasteiger charge is -2.23. The largest absolute Gasteiger partial charge is 0.449 e. The van der Waals surface area contributed by atoms with Crippen molar-refractivity contribution in [2.45, 2.75) is 50.3 Å². The van der Waals surface area contributed by atoms with E-state index in [9.17, 15) is 9.59 Å². The second kappa shape index (κ2) is 8.96. The lowest BCUT2D eigenvalue weighted by molar-refractivity contribution is -0.123. The van der Waals surface area contributed by atoms with Gasteiger partial charge in [0.2, 0.25) is 0 Å². The summed E-state index contributed by atoms with van der Waals surface area (Å²) in [5, 5.41) is 0.0411. The highest BCUT2D eigenvalue weighted by atomic mass is 32.1. The number of unbranched alkanes of at least 4 members (excludes halogenated alkanes) is 1. The number of ether oxygens (including phenoxy) is 1. The number of carbonyl (C=O) groups excluding carboxylic acids is 2. The summed E-state index contributed by atoms with van der Waals surface area (Å²) in [5.41, 5.74) is 1.14. The molecule has 1 amide bonds. The average molecular weight is 335 g/mol. The third-order valence-electron chi connectivity index (χ3n) is 4.11. The third kappa shape index (κ3) is 5.27. The van der Waals surface area contributed by atoms with Crippen molar-refractivity contribution in [3.63, 3.8) is 0 Å². The molecule has 5 heteroatoms. The maximum absolute atomic E-state index is 12.5. The van der Waals surface area contributed by atoms with Crippen molar-refractivity contribution in [3.8, 4) is 0 Å². The highest BCUT2D eigenvalue weighted by Crippen LogP contribution is 2.24. The minimum atomic E-state index is -0.393. The predicted molar refractivity (Wildman–Crippen MR) is 93.9 cm³/mol. The molecule has 0 aromatic heterocycles. The summed E-state index contributed by atoms with van der Waals surface area (Å²) in [7, 11) is 0. The van der Waals surface area contributed by atoms with E-state index in [1.54, 1.807) is 4.90 Å². The quantitative estimate of drug-likeness (QED) is 0.613. The number of Topliss-reactive ketones (excluding diaryl/α,β-unsaturated/α-hetero) is 1. The maximum Gasteiger partial charge on any atom is 0.410 e. The molecule has 126 valence electrons. The van der Waals surface area contributed by atoms with Crippen LogP contribution in [0.1, 0.15) is 38.2 Å². The minimum absolute atomic E-state index is 0.0411. The molecule has 1 aromatic carbocycles. The predicted octanol–water partition coefficient (Wildman–Crippen LogP) is 3.50. The zero-order chi connectivity index (χ0) is 16.7. The Bertz CT molecular complexity index is 520. The number of thiol groups is 1. The Labute approximate surface area is 143 Å². The lowest BCUT2D eigenvalue weighted by atomic mass is 10.0. The molecule has 1 aliphatic rings. The maximum atomic E-state index is 12.5. The SMILES string of the molecule is CCCCOC(=O)N1CC(S)CC1C(=O)CCc1ccccc1. The van der Waals surface area contributed by atoms with Crippen molar-refractivity contribution in [1.82, 2.24) is 4.90 Å². The van der Waals surface area contributed by atoms with Crippen molar-refractivity contribution in [2.24, 2.45) is 0 Å². The fraction of sp³-hybridized carbons (Fsp3) is 0.556. The Morgan fingerprint density at radius 3 is 2.74 bits per heavy atom. The van der Waals surface area contributed by atoms with Gasteiger partial charge in [-0.25, -0.2) is 4.79 Å². The topological polar surface area (TPSA) is 46.6 Å². The number of amides is 1. The first-order valence-electron chi connectivity index (χ1n) is 8.30. The summed E-state index contributed by atoms with van der Waals surface area (Å²) in [6.45, 7) is 2.94. The van der Waals surface area contributed by atoms with E-state index >= 15 is 0 Å². The van der Waals surface area contributed by atoms with E-state index in [1.165, 1.54) is 0 Å². The number of ketones is 1. The van der Waals surface area contributed by atoms with Crippen molar-refractivity contribution in [1.29, 1.82) is 0 Å². The Kier molecular flexibility index (Phi) is 6.96. The van der Waals surface area contributed by atoms with Gasteiger partial charge in [0.05, 0.1) is 12.6 Å². The van der Waals surface area contributed by atoms with E-state index in [4.69, 9.17) is 4.74 Å². The molecule has 0 saturated carbocycles. The van der Waals surface area contributed by atoms with Crippen molar-refractivity contribution >= 4 is 24.5 Å². The van der Waals surface area contributed by atoms with Crippen LogP contribution in [0.25, 0.3) is 0 Å². The van der Waals surface area contributed by atoms with Crippen LogP contribution in [0.5, 0.6) is 0 Å². The molecule has 0 radical (unpaired) electrons. The van der Waals surface area contributed by atoms with Crippen LogP contribution in [0.15, 0.2) is 30.3 Å². The Morgan fingerprint density at radius 2 is 2.04 bits per heavy atom. The molecule has 4 nitrogen and oxygen atoms in total. The van der Waals surface area contributed by atoms with Crippen LogP contribution in [0.2, 0.25) is 0 Å². The van der Waals surface area contributed by atoms with Crippen LogP contribution < -0.4 is 0 Å². The van der Waals surface area contributed by atoms with Crippen molar-refractivity contribution < 1.29 is 14.3 Å². The second-order valence-electron chi connectivity index (χ2n) is 5.98. The fourth-order valence-electron chi connectivity index (χ4n) is 2.79.